The van der Waals surface area contributed by atoms with Crippen molar-refractivity contribution < 1.29 is 44.6 Å². The molecular formula is C25H36O9. The molecule has 0 aromatic heterocycles. The number of carbonyl (C=O) groups is 2. The number of carbonyl (C=O) groups excluding carboxylic acids is 2. The zero-order chi connectivity index (χ0) is 25.6. The third-order valence-electron chi connectivity index (χ3n) is 9.21. The summed E-state index contributed by atoms with van der Waals surface area (Å²) in [6.45, 7) is 11.3. The second-order valence-electron chi connectivity index (χ2n) is 11.0. The number of hydrogen-bond donors (Lipinski definition) is 5. The van der Waals surface area contributed by atoms with Crippen LogP contribution in [-0.2, 0) is 19.1 Å². The highest BCUT2D eigenvalue weighted by Crippen LogP contribution is 2.66. The van der Waals surface area contributed by atoms with Crippen molar-refractivity contribution in [2.24, 2.45) is 23.7 Å². The number of allylic oxidation sites excluding steroid dienone is 1. The molecule has 190 valence electrons. The van der Waals surface area contributed by atoms with Crippen LogP contribution in [-0.4, -0.2) is 84.6 Å². The van der Waals surface area contributed by atoms with Crippen LogP contribution in [0.15, 0.2) is 23.8 Å². The number of hydrogen-bond acceptors (Lipinski definition) is 9. The number of Topliss-reactive ketones (excluding diaryl/α,β-unsaturated/α-hetero) is 1. The lowest BCUT2D eigenvalue weighted by Gasteiger charge is -2.57. The highest BCUT2D eigenvalue weighted by Gasteiger charge is 2.84. The minimum absolute atomic E-state index is 0.0632. The Morgan fingerprint density at radius 3 is 2.41 bits per heavy atom. The van der Waals surface area contributed by atoms with E-state index in [9.17, 15) is 35.1 Å². The maximum atomic E-state index is 13.2. The van der Waals surface area contributed by atoms with Gasteiger partial charge < -0.3 is 35.0 Å². The summed E-state index contributed by atoms with van der Waals surface area (Å²) in [4.78, 5) is 26.1. The quantitative estimate of drug-likeness (QED) is 0.162. The first-order valence-corrected chi connectivity index (χ1v) is 11.9. The molecule has 3 saturated carbocycles. The smallest absolute Gasteiger partial charge is 0.333 e. The molecule has 11 atom stereocenters. The van der Waals surface area contributed by atoms with E-state index in [4.69, 9.17) is 9.47 Å². The molecule has 0 amide bonds. The summed E-state index contributed by atoms with van der Waals surface area (Å²) in [6, 6.07) is 0. The molecule has 1 saturated heterocycles. The fourth-order valence-electron chi connectivity index (χ4n) is 6.96. The molecule has 11 unspecified atom stereocenters. The van der Waals surface area contributed by atoms with Gasteiger partial charge in [-0.05, 0) is 45.1 Å². The number of aliphatic hydroxyl groups is 5. The van der Waals surface area contributed by atoms with E-state index in [1.165, 1.54) is 0 Å². The summed E-state index contributed by atoms with van der Waals surface area (Å²) in [6.07, 6.45) is -2.70. The SMILES string of the molecule is C=C(C)C1(O)CC(C)C2(O)C(C1OC(=O)C(C)=CC)C1OC1(CO)C(O)C1(O)C(=O)C(C)CC12. The van der Waals surface area contributed by atoms with Gasteiger partial charge in [0.1, 0.15) is 29.5 Å². The van der Waals surface area contributed by atoms with Crippen molar-refractivity contribution in [2.75, 3.05) is 6.61 Å². The van der Waals surface area contributed by atoms with Gasteiger partial charge in [-0.3, -0.25) is 4.79 Å². The number of rotatable bonds is 4. The van der Waals surface area contributed by atoms with Gasteiger partial charge in [-0.2, -0.15) is 0 Å². The molecule has 5 N–H and O–H groups in total. The van der Waals surface area contributed by atoms with Crippen LogP contribution in [0.25, 0.3) is 0 Å². The molecule has 4 aliphatic rings. The second kappa shape index (κ2) is 7.69. The number of ketones is 1. The molecule has 0 radical (unpaired) electrons. The van der Waals surface area contributed by atoms with Crippen LogP contribution < -0.4 is 0 Å². The van der Waals surface area contributed by atoms with E-state index in [2.05, 4.69) is 6.58 Å². The maximum absolute atomic E-state index is 13.2. The first kappa shape index (κ1) is 25.5. The molecule has 1 aliphatic heterocycles. The zero-order valence-corrected chi connectivity index (χ0v) is 20.3. The van der Waals surface area contributed by atoms with Gasteiger partial charge in [0.2, 0.25) is 0 Å². The predicted molar refractivity (Wildman–Crippen MR) is 119 cm³/mol. The standard InChI is InChI=1S/C25H36O9/c1-7-12(4)20(28)33-18-16-19-23(10-26,34-19)21(29)25(32)15(8-13(5)17(25)27)24(16,31)14(6)9-22(18,30)11(2)3/h7,13-16,18-19,21,26,29-32H,2,8-10H2,1,3-6H3. The van der Waals surface area contributed by atoms with E-state index >= 15 is 0 Å². The normalized spacial score (nSPS) is 52.2. The van der Waals surface area contributed by atoms with Gasteiger partial charge in [0.15, 0.2) is 11.4 Å². The Balaban J connectivity index is 1.96. The van der Waals surface area contributed by atoms with Crippen LogP contribution in [0.3, 0.4) is 0 Å². The summed E-state index contributed by atoms with van der Waals surface area (Å²) < 4.78 is 11.6. The van der Waals surface area contributed by atoms with Crippen molar-refractivity contribution >= 4 is 11.8 Å². The molecule has 9 nitrogen and oxygen atoms in total. The largest absolute Gasteiger partial charge is 0.455 e. The van der Waals surface area contributed by atoms with Gasteiger partial charge in [0.25, 0.3) is 0 Å². The van der Waals surface area contributed by atoms with Crippen molar-refractivity contribution in [3.05, 3.63) is 23.8 Å². The van der Waals surface area contributed by atoms with Crippen molar-refractivity contribution in [3.63, 3.8) is 0 Å². The summed E-state index contributed by atoms with van der Waals surface area (Å²) in [5, 5.41) is 57.4. The van der Waals surface area contributed by atoms with Crippen LogP contribution in [0.4, 0.5) is 0 Å². The molecular weight excluding hydrogens is 444 g/mol. The Kier molecular flexibility index (Phi) is 5.76. The average molecular weight is 481 g/mol. The lowest BCUT2D eigenvalue weighted by Crippen LogP contribution is -2.71. The lowest BCUT2D eigenvalue weighted by atomic mass is 9.54. The van der Waals surface area contributed by atoms with Crippen molar-refractivity contribution in [1.82, 2.24) is 0 Å². The summed E-state index contributed by atoms with van der Waals surface area (Å²) >= 11 is 0. The first-order valence-electron chi connectivity index (χ1n) is 11.9. The highest BCUT2D eigenvalue weighted by atomic mass is 16.6. The van der Waals surface area contributed by atoms with Crippen LogP contribution >= 0.6 is 0 Å². The Bertz CT molecular complexity index is 960. The molecule has 0 spiro atoms. The minimum Gasteiger partial charge on any atom is -0.455 e. The third kappa shape index (κ3) is 2.88. The molecule has 3 aliphatic carbocycles. The fourth-order valence-corrected chi connectivity index (χ4v) is 6.96. The minimum atomic E-state index is -2.37. The van der Waals surface area contributed by atoms with E-state index in [-0.39, 0.29) is 18.4 Å². The lowest BCUT2D eigenvalue weighted by molar-refractivity contribution is -0.259. The van der Waals surface area contributed by atoms with Crippen molar-refractivity contribution in [1.29, 1.82) is 0 Å². The van der Waals surface area contributed by atoms with Crippen LogP contribution in [0.5, 0.6) is 0 Å². The number of epoxide rings is 1. The molecule has 0 bridgehead atoms. The number of ether oxygens (including phenoxy) is 2. The average Bonchev–Trinajstić information content (AvgIpc) is 3.48. The molecule has 1 heterocycles. The monoisotopic (exact) mass is 480 g/mol. The summed E-state index contributed by atoms with van der Waals surface area (Å²) in [7, 11) is 0. The van der Waals surface area contributed by atoms with E-state index in [0.717, 1.165) is 0 Å². The van der Waals surface area contributed by atoms with Crippen LogP contribution in [0.2, 0.25) is 0 Å². The maximum Gasteiger partial charge on any atom is 0.333 e. The molecule has 0 aromatic carbocycles. The Hall–Kier alpha value is -1.62. The van der Waals surface area contributed by atoms with Gasteiger partial charge >= 0.3 is 5.97 Å². The summed E-state index contributed by atoms with van der Waals surface area (Å²) in [5.74, 6) is -5.01. The summed E-state index contributed by atoms with van der Waals surface area (Å²) in [5.41, 5.74) is -7.16. The molecule has 9 heteroatoms. The highest BCUT2D eigenvalue weighted by molar-refractivity contribution is 5.93. The Labute approximate surface area is 199 Å². The van der Waals surface area contributed by atoms with Gasteiger partial charge in [-0.25, -0.2) is 4.79 Å². The van der Waals surface area contributed by atoms with Gasteiger partial charge in [-0.1, -0.05) is 26.5 Å². The van der Waals surface area contributed by atoms with E-state index in [1.54, 1.807) is 40.7 Å². The van der Waals surface area contributed by atoms with Gasteiger partial charge in [0.05, 0.1) is 18.1 Å². The predicted octanol–water partition coefficient (Wildman–Crippen LogP) is 0.0193. The third-order valence-corrected chi connectivity index (χ3v) is 9.21. The number of aliphatic hydroxyl groups excluding tert-OH is 2. The van der Waals surface area contributed by atoms with Crippen molar-refractivity contribution in [3.8, 4) is 0 Å². The Morgan fingerprint density at radius 1 is 1.26 bits per heavy atom. The second-order valence-corrected chi connectivity index (χ2v) is 11.0. The zero-order valence-electron chi connectivity index (χ0n) is 20.3. The van der Waals surface area contributed by atoms with Gasteiger partial charge in [0, 0.05) is 17.4 Å². The molecule has 4 fully saturated rings. The topological polar surface area (TPSA) is 157 Å². The van der Waals surface area contributed by atoms with Crippen LogP contribution in [0.1, 0.15) is 47.5 Å². The fraction of sp³-hybridized carbons (Fsp3) is 0.760. The number of fused-ring (bicyclic) bond motifs is 5. The van der Waals surface area contributed by atoms with E-state index < -0.39 is 82.7 Å². The molecule has 4 rings (SSSR count). The van der Waals surface area contributed by atoms with E-state index in [0.29, 0.717) is 5.57 Å². The number of esters is 1. The Morgan fingerprint density at radius 2 is 1.88 bits per heavy atom. The first-order chi connectivity index (χ1) is 15.7. The van der Waals surface area contributed by atoms with Gasteiger partial charge in [-0.15, -0.1) is 0 Å². The van der Waals surface area contributed by atoms with Crippen LogP contribution in [0, 0.1) is 23.7 Å². The molecule has 0 aromatic rings. The molecule has 34 heavy (non-hydrogen) atoms. The van der Waals surface area contributed by atoms with Crippen molar-refractivity contribution in [2.45, 2.75) is 88.2 Å². The van der Waals surface area contributed by atoms with E-state index in [1.807, 2.05) is 0 Å².